The van der Waals surface area contributed by atoms with Gasteiger partial charge in [0, 0.05) is 5.56 Å². The maximum absolute atomic E-state index is 8.86. The van der Waals surface area contributed by atoms with Crippen molar-refractivity contribution in [3.05, 3.63) is 28.8 Å². The van der Waals surface area contributed by atoms with Gasteiger partial charge in [-0.2, -0.15) is 5.26 Å². The highest BCUT2D eigenvalue weighted by molar-refractivity contribution is 5.46. The number of nitriles is 1. The van der Waals surface area contributed by atoms with Gasteiger partial charge in [0.25, 0.3) is 0 Å². The van der Waals surface area contributed by atoms with Gasteiger partial charge in [0.1, 0.15) is 5.75 Å². The number of nitrogens with zero attached hydrogens (tertiary/aromatic N) is 1. The molecule has 17 heavy (non-hydrogen) atoms. The number of rotatable bonds is 3. The quantitative estimate of drug-likeness (QED) is 0.792. The van der Waals surface area contributed by atoms with Crippen LogP contribution in [0.2, 0.25) is 0 Å². The van der Waals surface area contributed by atoms with E-state index in [2.05, 4.69) is 26.0 Å². The molecule has 1 fully saturated rings. The highest BCUT2D eigenvalue weighted by atomic mass is 16.5. The number of hydrogen-bond acceptors (Lipinski definition) is 2. The SMILES string of the molecule is Cc1ccc(CC#N)c(OC2CCCC2)c1C. The van der Waals surface area contributed by atoms with Crippen molar-refractivity contribution >= 4 is 0 Å². The Kier molecular flexibility index (Phi) is 3.68. The van der Waals surface area contributed by atoms with Crippen LogP contribution in [0.25, 0.3) is 0 Å². The third-order valence-corrected chi connectivity index (χ3v) is 3.61. The van der Waals surface area contributed by atoms with Crippen molar-refractivity contribution in [3.63, 3.8) is 0 Å². The summed E-state index contributed by atoms with van der Waals surface area (Å²) in [6, 6.07) is 6.31. The predicted molar refractivity (Wildman–Crippen MR) is 68.1 cm³/mol. The van der Waals surface area contributed by atoms with Crippen molar-refractivity contribution in [2.24, 2.45) is 0 Å². The molecule has 0 aromatic heterocycles. The normalized spacial score (nSPS) is 15.8. The fourth-order valence-corrected chi connectivity index (χ4v) is 2.41. The van der Waals surface area contributed by atoms with Gasteiger partial charge in [0.05, 0.1) is 18.6 Å². The first kappa shape index (κ1) is 12.0. The molecular weight excluding hydrogens is 210 g/mol. The molecule has 0 N–H and O–H groups in total. The molecule has 0 spiro atoms. The zero-order chi connectivity index (χ0) is 12.3. The van der Waals surface area contributed by atoms with Crippen molar-refractivity contribution in [3.8, 4) is 11.8 Å². The lowest BCUT2D eigenvalue weighted by atomic mass is 10.0. The van der Waals surface area contributed by atoms with E-state index in [1.54, 1.807) is 0 Å². The van der Waals surface area contributed by atoms with Gasteiger partial charge in [0.2, 0.25) is 0 Å². The molecule has 0 heterocycles. The molecule has 1 aromatic carbocycles. The first-order valence-corrected chi connectivity index (χ1v) is 6.35. The monoisotopic (exact) mass is 229 g/mol. The molecule has 2 rings (SSSR count). The van der Waals surface area contributed by atoms with Gasteiger partial charge >= 0.3 is 0 Å². The summed E-state index contributed by atoms with van der Waals surface area (Å²) in [5.74, 6) is 0.957. The smallest absolute Gasteiger partial charge is 0.127 e. The Balaban J connectivity index is 2.28. The maximum atomic E-state index is 8.86. The van der Waals surface area contributed by atoms with Crippen molar-refractivity contribution in [2.75, 3.05) is 0 Å². The van der Waals surface area contributed by atoms with Crippen LogP contribution in [0.1, 0.15) is 42.4 Å². The Morgan fingerprint density at radius 3 is 2.65 bits per heavy atom. The van der Waals surface area contributed by atoms with E-state index in [4.69, 9.17) is 10.00 Å². The fourth-order valence-electron chi connectivity index (χ4n) is 2.41. The Bertz CT molecular complexity index is 439. The Morgan fingerprint density at radius 2 is 2.00 bits per heavy atom. The first-order chi connectivity index (χ1) is 8.22. The van der Waals surface area contributed by atoms with E-state index in [9.17, 15) is 0 Å². The van der Waals surface area contributed by atoms with Gasteiger partial charge in [-0.3, -0.25) is 0 Å². The average molecular weight is 229 g/mol. The second-order valence-electron chi connectivity index (χ2n) is 4.85. The van der Waals surface area contributed by atoms with Crippen molar-refractivity contribution < 1.29 is 4.74 Å². The van der Waals surface area contributed by atoms with E-state index in [0.29, 0.717) is 12.5 Å². The summed E-state index contributed by atoms with van der Waals surface area (Å²) in [5.41, 5.74) is 3.45. The third-order valence-electron chi connectivity index (χ3n) is 3.61. The molecule has 0 unspecified atom stereocenters. The molecular formula is C15H19NO. The molecule has 0 bridgehead atoms. The molecule has 1 aliphatic rings. The second-order valence-corrected chi connectivity index (χ2v) is 4.85. The number of ether oxygens (including phenoxy) is 1. The molecule has 0 aliphatic heterocycles. The fraction of sp³-hybridized carbons (Fsp3) is 0.533. The molecule has 0 amide bonds. The Hall–Kier alpha value is -1.49. The predicted octanol–water partition coefficient (Wildman–Crippen LogP) is 3.69. The third kappa shape index (κ3) is 2.61. The minimum atomic E-state index is 0.355. The maximum Gasteiger partial charge on any atom is 0.127 e. The largest absolute Gasteiger partial charge is 0.490 e. The van der Waals surface area contributed by atoms with E-state index in [-0.39, 0.29) is 0 Å². The van der Waals surface area contributed by atoms with Gasteiger partial charge in [-0.15, -0.1) is 0 Å². The molecule has 0 atom stereocenters. The topological polar surface area (TPSA) is 33.0 Å². The van der Waals surface area contributed by atoms with E-state index >= 15 is 0 Å². The van der Waals surface area contributed by atoms with Crippen LogP contribution in [0.4, 0.5) is 0 Å². The zero-order valence-electron chi connectivity index (χ0n) is 10.6. The summed E-state index contributed by atoms with van der Waals surface area (Å²) >= 11 is 0. The molecule has 0 radical (unpaired) electrons. The summed E-state index contributed by atoms with van der Waals surface area (Å²) in [6.45, 7) is 4.17. The van der Waals surface area contributed by atoms with Crippen LogP contribution in [-0.4, -0.2) is 6.10 Å². The van der Waals surface area contributed by atoms with E-state index in [1.165, 1.54) is 24.0 Å². The molecule has 0 saturated heterocycles. The first-order valence-electron chi connectivity index (χ1n) is 6.35. The lowest BCUT2D eigenvalue weighted by Gasteiger charge is -2.19. The van der Waals surface area contributed by atoms with Crippen molar-refractivity contribution in [1.82, 2.24) is 0 Å². The van der Waals surface area contributed by atoms with Crippen LogP contribution < -0.4 is 4.74 Å². The Labute approximate surface area is 103 Å². The average Bonchev–Trinajstić information content (AvgIpc) is 2.81. The van der Waals surface area contributed by atoms with Gasteiger partial charge < -0.3 is 4.74 Å². The van der Waals surface area contributed by atoms with Crippen LogP contribution in [0, 0.1) is 25.2 Å². The molecule has 1 aromatic rings. The van der Waals surface area contributed by atoms with Crippen LogP contribution in [0.3, 0.4) is 0 Å². The standard InChI is InChI=1S/C15H19NO/c1-11-7-8-13(9-10-16)15(12(11)2)17-14-5-3-4-6-14/h7-8,14H,3-6,9H2,1-2H3. The summed E-state index contributed by atoms with van der Waals surface area (Å²) in [7, 11) is 0. The summed E-state index contributed by atoms with van der Waals surface area (Å²) in [6.07, 6.45) is 5.63. The van der Waals surface area contributed by atoms with Gasteiger partial charge in [0.15, 0.2) is 0 Å². The van der Waals surface area contributed by atoms with Crippen LogP contribution in [0.15, 0.2) is 12.1 Å². The number of aryl methyl sites for hydroxylation is 1. The van der Waals surface area contributed by atoms with E-state index in [0.717, 1.165) is 24.2 Å². The van der Waals surface area contributed by atoms with Crippen molar-refractivity contribution in [2.45, 2.75) is 52.1 Å². The van der Waals surface area contributed by atoms with Gasteiger partial charge in [-0.05, 0) is 50.7 Å². The summed E-state index contributed by atoms with van der Waals surface area (Å²) in [5, 5.41) is 8.86. The highest BCUT2D eigenvalue weighted by Gasteiger charge is 2.19. The minimum Gasteiger partial charge on any atom is -0.490 e. The summed E-state index contributed by atoms with van der Waals surface area (Å²) < 4.78 is 6.12. The zero-order valence-corrected chi connectivity index (χ0v) is 10.6. The molecule has 2 nitrogen and oxygen atoms in total. The van der Waals surface area contributed by atoms with Crippen LogP contribution in [0.5, 0.6) is 5.75 Å². The number of benzene rings is 1. The van der Waals surface area contributed by atoms with Crippen molar-refractivity contribution in [1.29, 1.82) is 5.26 Å². The van der Waals surface area contributed by atoms with E-state index < -0.39 is 0 Å². The minimum absolute atomic E-state index is 0.355. The number of hydrogen-bond donors (Lipinski definition) is 0. The van der Waals surface area contributed by atoms with Gasteiger partial charge in [-0.25, -0.2) is 0 Å². The van der Waals surface area contributed by atoms with Crippen LogP contribution >= 0.6 is 0 Å². The lowest BCUT2D eigenvalue weighted by Crippen LogP contribution is -2.13. The van der Waals surface area contributed by atoms with E-state index in [1.807, 2.05) is 6.07 Å². The molecule has 2 heteroatoms. The molecule has 90 valence electrons. The lowest BCUT2D eigenvalue weighted by molar-refractivity contribution is 0.206. The van der Waals surface area contributed by atoms with Gasteiger partial charge in [-0.1, -0.05) is 12.1 Å². The second kappa shape index (κ2) is 5.23. The Morgan fingerprint density at radius 1 is 1.29 bits per heavy atom. The highest BCUT2D eigenvalue weighted by Crippen LogP contribution is 2.31. The van der Waals surface area contributed by atoms with Crippen LogP contribution in [-0.2, 0) is 6.42 Å². The summed E-state index contributed by atoms with van der Waals surface area (Å²) in [4.78, 5) is 0. The molecule has 1 saturated carbocycles. The molecule has 1 aliphatic carbocycles.